The summed E-state index contributed by atoms with van der Waals surface area (Å²) < 4.78 is 12.0. The van der Waals surface area contributed by atoms with E-state index in [2.05, 4.69) is 0 Å². The fraction of sp³-hybridized carbons (Fsp3) is 0.538. The molecule has 1 aliphatic rings. The Labute approximate surface area is 129 Å². The second-order valence-corrected chi connectivity index (χ2v) is 7.29. The van der Waals surface area contributed by atoms with Crippen molar-refractivity contribution in [2.75, 3.05) is 6.26 Å². The summed E-state index contributed by atoms with van der Waals surface area (Å²) >= 11 is 14.2. The first-order valence-corrected chi connectivity index (χ1v) is 8.04. The molecule has 1 heterocycles. The highest BCUT2D eigenvalue weighted by Gasteiger charge is 2.52. The minimum Gasteiger partial charge on any atom is -0.399 e. The van der Waals surface area contributed by atoms with Crippen LogP contribution in [0.1, 0.15) is 27.7 Å². The van der Waals surface area contributed by atoms with Gasteiger partial charge >= 0.3 is 7.12 Å². The Morgan fingerprint density at radius 2 is 1.42 bits per heavy atom. The normalized spacial score (nSPS) is 20.9. The molecule has 1 fully saturated rings. The summed E-state index contributed by atoms with van der Waals surface area (Å²) in [5.74, 6) is 0. The van der Waals surface area contributed by atoms with Gasteiger partial charge in [0.15, 0.2) is 0 Å². The lowest BCUT2D eigenvalue weighted by Gasteiger charge is -2.32. The smallest absolute Gasteiger partial charge is 0.399 e. The second kappa shape index (κ2) is 5.16. The van der Waals surface area contributed by atoms with Gasteiger partial charge in [0.25, 0.3) is 0 Å². The third kappa shape index (κ3) is 2.79. The van der Waals surface area contributed by atoms with Crippen LogP contribution in [0.25, 0.3) is 0 Å². The van der Waals surface area contributed by atoms with Gasteiger partial charge in [0.05, 0.1) is 11.2 Å². The summed E-state index contributed by atoms with van der Waals surface area (Å²) in [6.07, 6.45) is 1.98. The molecule has 19 heavy (non-hydrogen) atoms. The van der Waals surface area contributed by atoms with Gasteiger partial charge in [-0.25, -0.2) is 0 Å². The largest absolute Gasteiger partial charge is 0.497 e. The van der Waals surface area contributed by atoms with E-state index in [0.29, 0.717) is 15.5 Å². The molecule has 1 aliphatic heterocycles. The number of halogens is 2. The van der Waals surface area contributed by atoms with E-state index in [4.69, 9.17) is 32.5 Å². The van der Waals surface area contributed by atoms with Crippen LogP contribution < -0.4 is 5.46 Å². The fourth-order valence-electron chi connectivity index (χ4n) is 1.86. The van der Waals surface area contributed by atoms with Gasteiger partial charge in [-0.2, -0.15) is 0 Å². The number of hydrogen-bond donors (Lipinski definition) is 0. The van der Waals surface area contributed by atoms with Crippen molar-refractivity contribution in [3.63, 3.8) is 0 Å². The van der Waals surface area contributed by atoms with Gasteiger partial charge in [0.1, 0.15) is 0 Å². The van der Waals surface area contributed by atoms with Crippen molar-refractivity contribution in [1.29, 1.82) is 0 Å². The van der Waals surface area contributed by atoms with E-state index in [9.17, 15) is 0 Å². The molecule has 1 saturated heterocycles. The van der Waals surface area contributed by atoms with E-state index < -0.39 is 18.3 Å². The minimum absolute atomic E-state index is 0.400. The molecule has 104 valence electrons. The summed E-state index contributed by atoms with van der Waals surface area (Å²) in [5.41, 5.74) is -0.0925. The average Bonchev–Trinajstić information content (AvgIpc) is 2.46. The lowest BCUT2D eigenvalue weighted by Crippen LogP contribution is -2.41. The molecule has 0 aliphatic carbocycles. The quantitative estimate of drug-likeness (QED) is 0.606. The molecule has 0 bridgehead atoms. The third-order valence-corrected chi connectivity index (χ3v) is 5.11. The van der Waals surface area contributed by atoms with E-state index in [1.807, 2.05) is 46.1 Å². The van der Waals surface area contributed by atoms with Gasteiger partial charge in [-0.3, -0.25) is 0 Å². The molecule has 1 aromatic carbocycles. The van der Waals surface area contributed by atoms with Crippen LogP contribution in [0.15, 0.2) is 17.0 Å². The molecule has 0 atom stereocenters. The van der Waals surface area contributed by atoms with Gasteiger partial charge in [-0.1, -0.05) is 23.2 Å². The predicted octanol–water partition coefficient (Wildman–Crippen LogP) is 4.01. The van der Waals surface area contributed by atoms with Gasteiger partial charge < -0.3 is 9.31 Å². The van der Waals surface area contributed by atoms with Gasteiger partial charge in [0.2, 0.25) is 0 Å². The van der Waals surface area contributed by atoms with Crippen LogP contribution in [0, 0.1) is 0 Å². The second-order valence-electron chi connectivity index (χ2n) is 5.59. The van der Waals surface area contributed by atoms with Crippen LogP contribution in [-0.2, 0) is 9.31 Å². The Morgan fingerprint density at radius 1 is 1.00 bits per heavy atom. The highest BCUT2D eigenvalue weighted by molar-refractivity contribution is 7.98. The molecule has 2 nitrogen and oxygen atoms in total. The summed E-state index contributed by atoms with van der Waals surface area (Å²) in [6, 6.07) is 3.77. The highest BCUT2D eigenvalue weighted by atomic mass is 35.5. The molecule has 2 rings (SSSR count). The lowest BCUT2D eigenvalue weighted by molar-refractivity contribution is 0.00578. The first-order chi connectivity index (χ1) is 8.68. The maximum Gasteiger partial charge on any atom is 0.497 e. The van der Waals surface area contributed by atoms with Crippen molar-refractivity contribution in [3.8, 4) is 0 Å². The van der Waals surface area contributed by atoms with Crippen molar-refractivity contribution in [2.45, 2.75) is 43.8 Å². The Morgan fingerprint density at radius 3 is 1.79 bits per heavy atom. The first kappa shape index (κ1) is 15.5. The van der Waals surface area contributed by atoms with Crippen molar-refractivity contribution < 1.29 is 9.31 Å². The molecular weight excluding hydrogens is 302 g/mol. The SMILES string of the molecule is CSc1cc(Cl)c(B2OC(C)(C)C(C)(C)O2)c(Cl)c1. The highest BCUT2D eigenvalue weighted by Crippen LogP contribution is 2.38. The third-order valence-electron chi connectivity index (χ3n) is 3.78. The molecule has 0 unspecified atom stereocenters. The van der Waals surface area contributed by atoms with Gasteiger partial charge in [0, 0.05) is 20.4 Å². The van der Waals surface area contributed by atoms with Crippen molar-refractivity contribution in [3.05, 3.63) is 22.2 Å². The molecule has 6 heteroatoms. The maximum atomic E-state index is 6.32. The lowest BCUT2D eigenvalue weighted by atomic mass is 9.79. The predicted molar refractivity (Wildman–Crippen MR) is 84.0 cm³/mol. The van der Waals surface area contributed by atoms with E-state index in [0.717, 1.165) is 4.90 Å². The van der Waals surface area contributed by atoms with E-state index in [-0.39, 0.29) is 0 Å². The monoisotopic (exact) mass is 318 g/mol. The molecule has 0 amide bonds. The molecule has 1 aromatic rings. The number of thioether (sulfide) groups is 1. The van der Waals surface area contributed by atoms with Gasteiger partial charge in [-0.15, -0.1) is 11.8 Å². The molecule has 0 aromatic heterocycles. The Balaban J connectivity index is 2.40. The zero-order valence-corrected chi connectivity index (χ0v) is 14.0. The van der Waals surface area contributed by atoms with E-state index >= 15 is 0 Å². The minimum atomic E-state index is -0.527. The molecule has 0 saturated carbocycles. The van der Waals surface area contributed by atoms with Crippen LogP contribution in [0.3, 0.4) is 0 Å². The fourth-order valence-corrected chi connectivity index (χ4v) is 3.13. The molecule has 0 N–H and O–H groups in total. The Bertz CT molecular complexity index is 466. The van der Waals surface area contributed by atoms with Crippen LogP contribution in [0.4, 0.5) is 0 Å². The zero-order chi connectivity index (χ0) is 14.4. The van der Waals surface area contributed by atoms with Gasteiger partial charge in [-0.05, 0) is 46.1 Å². The van der Waals surface area contributed by atoms with Crippen LogP contribution in [-0.4, -0.2) is 24.6 Å². The first-order valence-electron chi connectivity index (χ1n) is 6.06. The topological polar surface area (TPSA) is 18.5 Å². The Hall–Kier alpha value is 0.135. The number of rotatable bonds is 2. The van der Waals surface area contributed by atoms with Crippen LogP contribution >= 0.6 is 35.0 Å². The zero-order valence-electron chi connectivity index (χ0n) is 11.7. The van der Waals surface area contributed by atoms with E-state index in [1.54, 1.807) is 11.8 Å². The number of hydrogen-bond acceptors (Lipinski definition) is 3. The maximum absolute atomic E-state index is 6.32. The molecule has 0 radical (unpaired) electrons. The standard InChI is InChI=1S/C13H17BCl2O2S/c1-12(2)13(3,4)18-14(17-12)11-9(15)6-8(19-5)7-10(11)16/h6-7H,1-5H3. The molecular formula is C13H17BCl2O2S. The summed E-state index contributed by atoms with van der Waals surface area (Å²) in [6.45, 7) is 8.02. The number of benzene rings is 1. The molecule has 0 spiro atoms. The summed E-state index contributed by atoms with van der Waals surface area (Å²) in [7, 11) is -0.527. The summed E-state index contributed by atoms with van der Waals surface area (Å²) in [5, 5.41) is 1.16. The van der Waals surface area contributed by atoms with Crippen molar-refractivity contribution in [2.24, 2.45) is 0 Å². The summed E-state index contributed by atoms with van der Waals surface area (Å²) in [4.78, 5) is 1.02. The van der Waals surface area contributed by atoms with Crippen LogP contribution in [0.5, 0.6) is 0 Å². The van der Waals surface area contributed by atoms with Crippen LogP contribution in [0.2, 0.25) is 10.0 Å². The van der Waals surface area contributed by atoms with E-state index in [1.165, 1.54) is 0 Å². The average molecular weight is 319 g/mol. The van der Waals surface area contributed by atoms with Crippen molar-refractivity contribution >= 4 is 47.5 Å². The van der Waals surface area contributed by atoms with Crippen molar-refractivity contribution in [1.82, 2.24) is 0 Å². The Kier molecular flexibility index (Phi) is 4.21.